The molecule has 3 nitrogen and oxygen atoms in total. The maximum absolute atomic E-state index is 5.91. The van der Waals surface area contributed by atoms with E-state index in [0.29, 0.717) is 18.2 Å². The Hall–Kier alpha value is -0.420. The van der Waals surface area contributed by atoms with Crippen molar-refractivity contribution in [3.05, 3.63) is 33.8 Å². The molecule has 0 aliphatic carbocycles. The molecule has 4 heteroatoms. The number of rotatable bonds is 5. The van der Waals surface area contributed by atoms with E-state index in [9.17, 15) is 0 Å². The summed E-state index contributed by atoms with van der Waals surface area (Å²) < 4.78 is 7.13. The second-order valence-electron chi connectivity index (χ2n) is 6.61. The summed E-state index contributed by atoms with van der Waals surface area (Å²) >= 11 is 3.74. The van der Waals surface area contributed by atoms with Crippen LogP contribution in [0.25, 0.3) is 0 Å². The van der Waals surface area contributed by atoms with Gasteiger partial charge < -0.3 is 10.1 Å². The minimum absolute atomic E-state index is 0.469. The Morgan fingerprint density at radius 3 is 2.62 bits per heavy atom. The fraction of sp³-hybridized carbons (Fsp3) is 0.647. The summed E-state index contributed by atoms with van der Waals surface area (Å²) in [5.41, 5.74) is 2.71. The van der Waals surface area contributed by atoms with E-state index < -0.39 is 0 Å². The number of nitrogens with one attached hydrogen (secondary N) is 1. The van der Waals surface area contributed by atoms with E-state index in [1.165, 1.54) is 28.4 Å². The minimum atomic E-state index is 0.469. The molecule has 2 aliphatic heterocycles. The van der Waals surface area contributed by atoms with Crippen molar-refractivity contribution in [1.82, 2.24) is 10.2 Å². The molecule has 0 saturated carbocycles. The molecule has 2 aliphatic rings. The summed E-state index contributed by atoms with van der Waals surface area (Å²) in [6.07, 6.45) is 3.42. The molecule has 1 aromatic carbocycles. The molecule has 0 spiro atoms. The van der Waals surface area contributed by atoms with E-state index in [4.69, 9.17) is 4.74 Å². The molecule has 2 unspecified atom stereocenters. The second kappa shape index (κ2) is 6.78. The summed E-state index contributed by atoms with van der Waals surface area (Å²) in [6.45, 7) is 8.47. The number of benzene rings is 1. The third-order valence-corrected chi connectivity index (χ3v) is 5.08. The summed E-state index contributed by atoms with van der Waals surface area (Å²) in [7, 11) is 0. The topological polar surface area (TPSA) is 24.5 Å². The van der Waals surface area contributed by atoms with Crippen molar-refractivity contribution in [2.75, 3.05) is 13.1 Å². The van der Waals surface area contributed by atoms with E-state index in [1.807, 2.05) is 0 Å². The molecule has 0 radical (unpaired) electrons. The number of hydrogen-bond donors (Lipinski definition) is 1. The molecule has 1 N–H and O–H groups in total. The van der Waals surface area contributed by atoms with Gasteiger partial charge in [-0.15, -0.1) is 0 Å². The maximum atomic E-state index is 5.91. The Morgan fingerprint density at radius 2 is 2.00 bits per heavy atom. The highest BCUT2D eigenvalue weighted by Gasteiger charge is 2.33. The Balaban J connectivity index is 1.60. The summed E-state index contributed by atoms with van der Waals surface area (Å²) in [5.74, 6) is 0. The molecule has 2 saturated heterocycles. The lowest BCUT2D eigenvalue weighted by Crippen LogP contribution is -2.42. The van der Waals surface area contributed by atoms with Crippen LogP contribution in [-0.4, -0.2) is 36.2 Å². The minimum Gasteiger partial charge on any atom is -0.372 e. The average Bonchev–Trinajstić information content (AvgIpc) is 2.78. The Labute approximate surface area is 136 Å². The van der Waals surface area contributed by atoms with Gasteiger partial charge in [0.05, 0.1) is 12.2 Å². The van der Waals surface area contributed by atoms with Crippen molar-refractivity contribution >= 4 is 15.9 Å². The van der Waals surface area contributed by atoms with Crippen LogP contribution in [0.1, 0.15) is 37.8 Å². The van der Waals surface area contributed by atoms with Gasteiger partial charge >= 0.3 is 0 Å². The number of hydrogen-bond acceptors (Lipinski definition) is 3. The van der Waals surface area contributed by atoms with E-state index >= 15 is 0 Å². The van der Waals surface area contributed by atoms with E-state index in [0.717, 1.165) is 26.2 Å². The van der Waals surface area contributed by atoms with Gasteiger partial charge in [-0.3, -0.25) is 4.90 Å². The molecule has 1 aromatic rings. The first-order valence-corrected chi connectivity index (χ1v) is 8.78. The van der Waals surface area contributed by atoms with Crippen LogP contribution in [0.5, 0.6) is 0 Å². The molecular weight excluding hydrogens is 328 g/mol. The van der Waals surface area contributed by atoms with Gasteiger partial charge in [0.2, 0.25) is 0 Å². The van der Waals surface area contributed by atoms with Crippen LogP contribution in [0.2, 0.25) is 0 Å². The number of fused-ring (bicyclic) bond motifs is 2. The van der Waals surface area contributed by atoms with Crippen LogP contribution in [0.15, 0.2) is 22.7 Å². The largest absolute Gasteiger partial charge is 0.372 e. The van der Waals surface area contributed by atoms with Crippen LogP contribution in [0, 0.1) is 0 Å². The van der Waals surface area contributed by atoms with Crippen molar-refractivity contribution in [3.63, 3.8) is 0 Å². The quantitative estimate of drug-likeness (QED) is 0.879. The fourth-order valence-electron chi connectivity index (χ4n) is 3.22. The molecule has 21 heavy (non-hydrogen) atoms. The summed E-state index contributed by atoms with van der Waals surface area (Å²) in [5, 5.41) is 3.46. The van der Waals surface area contributed by atoms with Crippen molar-refractivity contribution in [1.29, 1.82) is 0 Å². The Kier molecular flexibility index (Phi) is 4.99. The second-order valence-corrected chi connectivity index (χ2v) is 7.47. The third-order valence-electron chi connectivity index (χ3n) is 4.35. The summed E-state index contributed by atoms with van der Waals surface area (Å²) in [4.78, 5) is 2.54. The first-order chi connectivity index (χ1) is 10.1. The lowest BCUT2D eigenvalue weighted by Gasteiger charge is -2.32. The SMILES string of the molecule is CC(C)NCc1ccc(CN2CC3CCC(C2)O3)c(Br)c1. The lowest BCUT2D eigenvalue weighted by atomic mass is 10.1. The molecule has 116 valence electrons. The zero-order chi connectivity index (χ0) is 14.8. The van der Waals surface area contributed by atoms with Gasteiger partial charge in [0.1, 0.15) is 0 Å². The van der Waals surface area contributed by atoms with Crippen LogP contribution < -0.4 is 5.32 Å². The summed E-state index contributed by atoms with van der Waals surface area (Å²) in [6, 6.07) is 7.27. The fourth-order valence-corrected chi connectivity index (χ4v) is 3.77. The number of nitrogens with zero attached hydrogens (tertiary/aromatic N) is 1. The van der Waals surface area contributed by atoms with Crippen molar-refractivity contribution in [2.45, 2.75) is 58.0 Å². The van der Waals surface area contributed by atoms with E-state index in [1.54, 1.807) is 0 Å². The van der Waals surface area contributed by atoms with Crippen molar-refractivity contribution in [2.24, 2.45) is 0 Å². The zero-order valence-corrected chi connectivity index (χ0v) is 14.5. The van der Waals surface area contributed by atoms with Crippen LogP contribution >= 0.6 is 15.9 Å². The molecule has 2 fully saturated rings. The highest BCUT2D eigenvalue weighted by Crippen LogP contribution is 2.28. The molecule has 3 rings (SSSR count). The number of likely N-dealkylation sites (tertiary alicyclic amines) is 1. The highest BCUT2D eigenvalue weighted by molar-refractivity contribution is 9.10. The van der Waals surface area contributed by atoms with Crippen molar-refractivity contribution < 1.29 is 4.74 Å². The maximum Gasteiger partial charge on any atom is 0.0707 e. The van der Waals surface area contributed by atoms with Crippen molar-refractivity contribution in [3.8, 4) is 0 Å². The average molecular weight is 353 g/mol. The van der Waals surface area contributed by atoms with E-state index in [2.05, 4.69) is 58.2 Å². The Morgan fingerprint density at radius 1 is 1.29 bits per heavy atom. The monoisotopic (exact) mass is 352 g/mol. The molecular formula is C17H25BrN2O. The molecule has 2 atom stereocenters. The van der Waals surface area contributed by atoms with Gasteiger partial charge in [-0.2, -0.15) is 0 Å². The predicted octanol–water partition coefficient (Wildman–Crippen LogP) is 3.31. The number of halogens is 1. The van der Waals surface area contributed by atoms with Gasteiger partial charge in [-0.05, 0) is 30.0 Å². The van der Waals surface area contributed by atoms with Crippen LogP contribution in [-0.2, 0) is 17.8 Å². The highest BCUT2D eigenvalue weighted by atomic mass is 79.9. The van der Waals surface area contributed by atoms with Gasteiger partial charge in [0.15, 0.2) is 0 Å². The van der Waals surface area contributed by atoms with Crippen LogP contribution in [0.4, 0.5) is 0 Å². The smallest absolute Gasteiger partial charge is 0.0707 e. The first kappa shape index (κ1) is 15.5. The molecule has 2 bridgehead atoms. The van der Waals surface area contributed by atoms with E-state index in [-0.39, 0.29) is 0 Å². The predicted molar refractivity (Wildman–Crippen MR) is 89.3 cm³/mol. The van der Waals surface area contributed by atoms with Crippen LogP contribution in [0.3, 0.4) is 0 Å². The van der Waals surface area contributed by atoms with Gasteiger partial charge in [-0.25, -0.2) is 0 Å². The molecule has 0 aromatic heterocycles. The zero-order valence-electron chi connectivity index (χ0n) is 12.9. The van der Waals surface area contributed by atoms with Gasteiger partial charge in [-0.1, -0.05) is 41.9 Å². The standard InChI is InChI=1S/C17H25BrN2O/c1-12(2)19-8-13-3-4-14(17(18)7-13)9-20-10-15-5-6-16(11-20)21-15/h3-4,7,12,15-16,19H,5-6,8-11H2,1-2H3. The third kappa shape index (κ3) is 4.07. The number of ether oxygens (including phenoxy) is 1. The normalized spacial score (nSPS) is 25.7. The first-order valence-electron chi connectivity index (χ1n) is 7.98. The molecule has 0 amide bonds. The number of morpholine rings is 1. The molecule has 2 heterocycles. The lowest BCUT2D eigenvalue weighted by molar-refractivity contribution is -0.0411. The van der Waals surface area contributed by atoms with Gasteiger partial charge in [0.25, 0.3) is 0 Å². The Bertz CT molecular complexity index is 480. The van der Waals surface area contributed by atoms with Gasteiger partial charge in [0, 0.05) is 36.7 Å².